The molecule has 0 saturated carbocycles. The molecule has 0 radical (unpaired) electrons. The molecule has 0 saturated heterocycles. The zero-order valence-corrected chi connectivity index (χ0v) is 12.5. The van der Waals surface area contributed by atoms with E-state index in [2.05, 4.69) is 24.4 Å². The van der Waals surface area contributed by atoms with Gasteiger partial charge in [0.05, 0.1) is 0 Å². The lowest BCUT2D eigenvalue weighted by atomic mass is 10.1. The second-order valence-electron chi connectivity index (χ2n) is 4.80. The molecule has 0 amide bonds. The van der Waals surface area contributed by atoms with Crippen molar-refractivity contribution >= 4 is 11.3 Å². The van der Waals surface area contributed by atoms with Crippen molar-refractivity contribution in [3.8, 4) is 10.4 Å². The molecular formula is C16H20FNS. The van der Waals surface area contributed by atoms with Crippen LogP contribution in [0.5, 0.6) is 0 Å². The summed E-state index contributed by atoms with van der Waals surface area (Å²) in [4.78, 5) is 2.55. The van der Waals surface area contributed by atoms with E-state index >= 15 is 0 Å². The molecule has 0 aliphatic heterocycles. The molecular weight excluding hydrogens is 257 g/mol. The normalized spacial score (nSPS) is 12.6. The first-order valence-corrected chi connectivity index (χ1v) is 7.51. The van der Waals surface area contributed by atoms with Crippen molar-refractivity contribution in [3.05, 3.63) is 46.6 Å². The molecule has 0 aliphatic rings. The van der Waals surface area contributed by atoms with Crippen molar-refractivity contribution < 1.29 is 4.39 Å². The second-order valence-corrected chi connectivity index (χ2v) is 5.91. The number of benzene rings is 1. The number of halogens is 1. The van der Waals surface area contributed by atoms with Crippen molar-refractivity contribution in [1.29, 1.82) is 0 Å². The first-order valence-electron chi connectivity index (χ1n) is 6.69. The Morgan fingerprint density at radius 1 is 1.26 bits per heavy atom. The number of hydrogen-bond acceptors (Lipinski definition) is 2. The van der Waals surface area contributed by atoms with Crippen LogP contribution in [0, 0.1) is 12.7 Å². The first-order chi connectivity index (χ1) is 9.15. The third kappa shape index (κ3) is 3.23. The molecule has 1 atom stereocenters. The van der Waals surface area contributed by atoms with Crippen LogP contribution in [0.25, 0.3) is 10.4 Å². The minimum Gasteiger partial charge on any atom is -0.312 e. The minimum absolute atomic E-state index is 0.139. The van der Waals surface area contributed by atoms with Crippen LogP contribution in [0.4, 0.5) is 4.39 Å². The van der Waals surface area contributed by atoms with Gasteiger partial charge in [-0.1, -0.05) is 19.4 Å². The Labute approximate surface area is 118 Å². The Bertz CT molecular complexity index is 547. The molecule has 3 heteroatoms. The van der Waals surface area contributed by atoms with E-state index in [0.717, 1.165) is 18.4 Å². The highest BCUT2D eigenvalue weighted by atomic mass is 32.1. The average Bonchev–Trinajstić information content (AvgIpc) is 2.88. The molecule has 1 nitrogen and oxygen atoms in total. The Kier molecular flexibility index (Phi) is 4.72. The number of rotatable bonds is 5. The Hall–Kier alpha value is -1.19. The van der Waals surface area contributed by atoms with Crippen LogP contribution in [-0.4, -0.2) is 7.05 Å². The fourth-order valence-corrected chi connectivity index (χ4v) is 3.36. The van der Waals surface area contributed by atoms with Gasteiger partial charge in [0.25, 0.3) is 0 Å². The number of hydrogen-bond donors (Lipinski definition) is 1. The van der Waals surface area contributed by atoms with Gasteiger partial charge in [0.1, 0.15) is 5.82 Å². The molecule has 1 heterocycles. The zero-order valence-electron chi connectivity index (χ0n) is 11.7. The molecule has 102 valence electrons. The monoisotopic (exact) mass is 277 g/mol. The van der Waals surface area contributed by atoms with Crippen molar-refractivity contribution in [3.63, 3.8) is 0 Å². The Balaban J connectivity index is 2.27. The summed E-state index contributed by atoms with van der Waals surface area (Å²) in [7, 11) is 2.00. The van der Waals surface area contributed by atoms with Gasteiger partial charge in [-0.25, -0.2) is 4.39 Å². The summed E-state index contributed by atoms with van der Waals surface area (Å²) in [6, 6.07) is 10.0. The van der Waals surface area contributed by atoms with Gasteiger partial charge in [0.15, 0.2) is 0 Å². The maximum absolute atomic E-state index is 13.3. The molecule has 1 aromatic carbocycles. The predicted molar refractivity (Wildman–Crippen MR) is 81.2 cm³/mol. The fourth-order valence-electron chi connectivity index (χ4n) is 2.21. The van der Waals surface area contributed by atoms with Gasteiger partial charge >= 0.3 is 0 Å². The van der Waals surface area contributed by atoms with E-state index in [1.165, 1.54) is 9.75 Å². The molecule has 2 rings (SSSR count). The number of nitrogens with one attached hydrogen (secondary N) is 1. The van der Waals surface area contributed by atoms with Crippen LogP contribution in [0.1, 0.15) is 36.2 Å². The number of thiophene rings is 1. The van der Waals surface area contributed by atoms with Crippen LogP contribution in [0.3, 0.4) is 0 Å². The minimum atomic E-state index is -0.139. The van der Waals surface area contributed by atoms with E-state index in [1.807, 2.05) is 19.2 Å². The van der Waals surface area contributed by atoms with E-state index in [1.54, 1.807) is 24.3 Å². The van der Waals surface area contributed by atoms with Gasteiger partial charge in [-0.3, -0.25) is 0 Å². The maximum atomic E-state index is 13.3. The average molecular weight is 277 g/mol. The van der Waals surface area contributed by atoms with Crippen molar-refractivity contribution in [2.75, 3.05) is 7.05 Å². The lowest BCUT2D eigenvalue weighted by molar-refractivity contribution is 0.550. The summed E-state index contributed by atoms with van der Waals surface area (Å²) in [5, 5.41) is 3.35. The van der Waals surface area contributed by atoms with Crippen LogP contribution in [0.15, 0.2) is 30.3 Å². The molecule has 1 aromatic heterocycles. The number of aryl methyl sites for hydroxylation is 1. The largest absolute Gasteiger partial charge is 0.312 e. The van der Waals surface area contributed by atoms with Crippen molar-refractivity contribution in [2.45, 2.75) is 32.7 Å². The highest BCUT2D eigenvalue weighted by Gasteiger charge is 2.12. The topological polar surface area (TPSA) is 12.0 Å². The first kappa shape index (κ1) is 14.2. The van der Waals surface area contributed by atoms with Crippen LogP contribution >= 0.6 is 11.3 Å². The summed E-state index contributed by atoms with van der Waals surface area (Å²) < 4.78 is 13.3. The quantitative estimate of drug-likeness (QED) is 0.817. The van der Waals surface area contributed by atoms with Crippen molar-refractivity contribution in [1.82, 2.24) is 5.32 Å². The van der Waals surface area contributed by atoms with E-state index in [0.29, 0.717) is 11.6 Å². The highest BCUT2D eigenvalue weighted by molar-refractivity contribution is 7.15. The summed E-state index contributed by atoms with van der Waals surface area (Å²) in [5.41, 5.74) is 1.80. The molecule has 1 unspecified atom stereocenters. The van der Waals surface area contributed by atoms with Gasteiger partial charge in [-0.2, -0.15) is 0 Å². The lowest BCUT2D eigenvalue weighted by Gasteiger charge is -2.12. The molecule has 19 heavy (non-hydrogen) atoms. The third-order valence-corrected chi connectivity index (χ3v) is 4.59. The van der Waals surface area contributed by atoms with Crippen LogP contribution < -0.4 is 5.32 Å². The molecule has 0 spiro atoms. The van der Waals surface area contributed by atoms with Gasteiger partial charge in [0.2, 0.25) is 0 Å². The molecule has 2 aromatic rings. The van der Waals surface area contributed by atoms with E-state index in [4.69, 9.17) is 0 Å². The van der Waals surface area contributed by atoms with E-state index < -0.39 is 0 Å². The smallest absolute Gasteiger partial charge is 0.126 e. The molecule has 0 bridgehead atoms. The highest BCUT2D eigenvalue weighted by Crippen LogP contribution is 2.33. The Morgan fingerprint density at radius 2 is 2.05 bits per heavy atom. The van der Waals surface area contributed by atoms with Crippen LogP contribution in [-0.2, 0) is 0 Å². The maximum Gasteiger partial charge on any atom is 0.126 e. The lowest BCUT2D eigenvalue weighted by Crippen LogP contribution is -2.14. The second kappa shape index (κ2) is 6.31. The third-order valence-electron chi connectivity index (χ3n) is 3.34. The van der Waals surface area contributed by atoms with Gasteiger partial charge in [-0.05, 0) is 55.8 Å². The summed E-state index contributed by atoms with van der Waals surface area (Å²) in [6.45, 7) is 4.00. The van der Waals surface area contributed by atoms with E-state index in [-0.39, 0.29) is 5.82 Å². The summed E-state index contributed by atoms with van der Waals surface area (Å²) in [6.07, 6.45) is 2.30. The van der Waals surface area contributed by atoms with Crippen molar-refractivity contribution in [2.24, 2.45) is 0 Å². The summed E-state index contributed by atoms with van der Waals surface area (Å²) >= 11 is 1.79. The molecule has 0 fully saturated rings. The van der Waals surface area contributed by atoms with Gasteiger partial charge < -0.3 is 5.32 Å². The van der Waals surface area contributed by atoms with E-state index in [9.17, 15) is 4.39 Å². The SMILES string of the molecule is CCCC(NC)c1ccc(-c2ccc(F)c(C)c2)s1. The standard InChI is InChI=1S/C16H20FNS/c1-4-5-14(18-3)16-9-8-15(19-16)12-6-7-13(17)11(2)10-12/h6-10,14,18H,4-5H2,1-3H3. The fraction of sp³-hybridized carbons (Fsp3) is 0.375. The molecule has 1 N–H and O–H groups in total. The Morgan fingerprint density at radius 3 is 2.68 bits per heavy atom. The zero-order chi connectivity index (χ0) is 13.8. The van der Waals surface area contributed by atoms with Gasteiger partial charge in [0, 0.05) is 15.8 Å². The van der Waals surface area contributed by atoms with Gasteiger partial charge in [-0.15, -0.1) is 11.3 Å². The molecule has 0 aliphatic carbocycles. The summed E-state index contributed by atoms with van der Waals surface area (Å²) in [5.74, 6) is -0.139. The van der Waals surface area contributed by atoms with Crippen LogP contribution in [0.2, 0.25) is 0 Å². The predicted octanol–water partition coefficient (Wildman–Crippen LogP) is 4.92.